The maximum atomic E-state index is 6.30. The molecule has 0 aliphatic heterocycles. The minimum atomic E-state index is 1.01. The molecule has 0 amide bonds. The number of benzene rings is 2. The van der Waals surface area contributed by atoms with E-state index < -0.39 is 0 Å². The van der Waals surface area contributed by atoms with Crippen LogP contribution in [0.2, 0.25) is 0 Å². The van der Waals surface area contributed by atoms with Gasteiger partial charge in [0.15, 0.2) is 0 Å². The van der Waals surface area contributed by atoms with Crippen LogP contribution in [0.3, 0.4) is 0 Å². The number of hydrogen-bond donors (Lipinski definition) is 0. The SMILES string of the molecule is Cc1c(-c2ccccc2)[o+]c2c(c1-c1ccccc1)CCC2. The summed E-state index contributed by atoms with van der Waals surface area (Å²) in [4.78, 5) is 0. The molecule has 1 heteroatoms. The molecule has 1 aliphatic carbocycles. The third-order valence-corrected chi connectivity index (χ3v) is 4.51. The molecule has 1 aliphatic rings. The second kappa shape index (κ2) is 5.42. The van der Waals surface area contributed by atoms with E-state index in [1.807, 2.05) is 6.07 Å². The third kappa shape index (κ3) is 2.14. The first-order chi connectivity index (χ1) is 10.8. The van der Waals surface area contributed by atoms with Gasteiger partial charge in [-0.3, -0.25) is 0 Å². The van der Waals surface area contributed by atoms with Crippen molar-refractivity contribution in [1.82, 2.24) is 0 Å². The molecule has 0 saturated carbocycles. The van der Waals surface area contributed by atoms with Crippen molar-refractivity contribution in [3.8, 4) is 22.5 Å². The highest BCUT2D eigenvalue weighted by Gasteiger charge is 2.32. The quantitative estimate of drug-likeness (QED) is 0.551. The Morgan fingerprint density at radius 2 is 1.41 bits per heavy atom. The lowest BCUT2D eigenvalue weighted by Gasteiger charge is -2.09. The summed E-state index contributed by atoms with van der Waals surface area (Å²) in [6.07, 6.45) is 3.37. The normalized spacial score (nSPS) is 13.1. The largest absolute Gasteiger partial charge is 0.363 e. The van der Waals surface area contributed by atoms with Crippen LogP contribution in [-0.4, -0.2) is 0 Å². The van der Waals surface area contributed by atoms with Gasteiger partial charge in [-0.2, -0.15) is 0 Å². The molecule has 22 heavy (non-hydrogen) atoms. The lowest BCUT2D eigenvalue weighted by molar-refractivity contribution is 0.512. The number of hydrogen-bond acceptors (Lipinski definition) is 0. The highest BCUT2D eigenvalue weighted by atomic mass is 16.3. The predicted octanol–water partition coefficient (Wildman–Crippen LogP) is 5.69. The predicted molar refractivity (Wildman–Crippen MR) is 90.7 cm³/mol. The fraction of sp³-hybridized carbons (Fsp3) is 0.190. The van der Waals surface area contributed by atoms with Crippen molar-refractivity contribution in [3.05, 3.63) is 77.6 Å². The summed E-state index contributed by atoms with van der Waals surface area (Å²) >= 11 is 0. The summed E-state index contributed by atoms with van der Waals surface area (Å²) in [5.74, 6) is 2.18. The Bertz CT molecular complexity index is 804. The smallest absolute Gasteiger partial charge is 0.212 e. The van der Waals surface area contributed by atoms with Crippen molar-refractivity contribution >= 4 is 0 Å². The Balaban J connectivity index is 2.00. The summed E-state index contributed by atoms with van der Waals surface area (Å²) in [7, 11) is 0. The Kier molecular flexibility index (Phi) is 3.27. The first-order valence-electron chi connectivity index (χ1n) is 7.94. The van der Waals surface area contributed by atoms with Crippen molar-refractivity contribution in [2.45, 2.75) is 26.2 Å². The van der Waals surface area contributed by atoms with Crippen LogP contribution in [0.25, 0.3) is 22.5 Å². The van der Waals surface area contributed by atoms with E-state index >= 15 is 0 Å². The topological polar surface area (TPSA) is 11.3 Å². The monoisotopic (exact) mass is 287 g/mol. The standard InChI is InChI=1S/C21H19O/c1-15-20(16-9-4-2-5-10-16)18-13-8-14-19(18)22-21(15)17-11-6-3-7-12-17/h2-7,9-12H,8,13-14H2,1H3/q+1. The van der Waals surface area contributed by atoms with Crippen LogP contribution in [-0.2, 0) is 12.8 Å². The van der Waals surface area contributed by atoms with Crippen molar-refractivity contribution in [2.75, 3.05) is 0 Å². The van der Waals surface area contributed by atoms with Crippen LogP contribution in [0, 0.1) is 6.92 Å². The highest BCUT2D eigenvalue weighted by molar-refractivity contribution is 5.78. The molecule has 0 fully saturated rings. The van der Waals surface area contributed by atoms with Gasteiger partial charge in [-0.1, -0.05) is 48.5 Å². The summed E-state index contributed by atoms with van der Waals surface area (Å²) in [5, 5.41) is 0. The van der Waals surface area contributed by atoms with Crippen molar-refractivity contribution in [1.29, 1.82) is 0 Å². The fourth-order valence-electron chi connectivity index (χ4n) is 3.49. The molecule has 4 rings (SSSR count). The Morgan fingerprint density at radius 3 is 2.09 bits per heavy atom. The second-order valence-corrected chi connectivity index (χ2v) is 5.92. The van der Waals surface area contributed by atoms with Crippen LogP contribution < -0.4 is 0 Å². The Hall–Kier alpha value is -2.41. The minimum Gasteiger partial charge on any atom is -0.212 e. The first-order valence-corrected chi connectivity index (χ1v) is 7.94. The van der Waals surface area contributed by atoms with Gasteiger partial charge in [-0.05, 0) is 37.5 Å². The Labute approximate surface area is 131 Å². The second-order valence-electron chi connectivity index (χ2n) is 5.92. The van der Waals surface area contributed by atoms with E-state index in [4.69, 9.17) is 4.42 Å². The van der Waals surface area contributed by atoms with Gasteiger partial charge in [-0.25, -0.2) is 4.42 Å². The van der Waals surface area contributed by atoms with Crippen molar-refractivity contribution in [3.63, 3.8) is 0 Å². The zero-order valence-electron chi connectivity index (χ0n) is 12.8. The van der Waals surface area contributed by atoms with Gasteiger partial charge in [0.25, 0.3) is 0 Å². The van der Waals surface area contributed by atoms with Crippen molar-refractivity contribution in [2.24, 2.45) is 0 Å². The van der Waals surface area contributed by atoms with Gasteiger partial charge in [0, 0.05) is 5.56 Å². The Morgan fingerprint density at radius 1 is 0.773 bits per heavy atom. The van der Waals surface area contributed by atoms with Gasteiger partial charge in [0.05, 0.1) is 23.1 Å². The molecule has 0 N–H and O–H groups in total. The van der Waals surface area contributed by atoms with Gasteiger partial charge in [-0.15, -0.1) is 0 Å². The summed E-state index contributed by atoms with van der Waals surface area (Å²) < 4.78 is 6.30. The molecule has 108 valence electrons. The third-order valence-electron chi connectivity index (χ3n) is 4.51. The summed E-state index contributed by atoms with van der Waals surface area (Å²) in [6, 6.07) is 21.1. The molecular formula is C21H19O+. The molecule has 0 atom stereocenters. The maximum Gasteiger partial charge on any atom is 0.363 e. The van der Waals surface area contributed by atoms with E-state index in [9.17, 15) is 0 Å². The molecule has 0 unspecified atom stereocenters. The lowest BCUT2D eigenvalue weighted by atomic mass is 9.93. The number of fused-ring (bicyclic) bond motifs is 1. The fourth-order valence-corrected chi connectivity index (χ4v) is 3.49. The molecule has 0 radical (unpaired) electrons. The van der Waals surface area contributed by atoms with Gasteiger partial charge in [0.2, 0.25) is 0 Å². The molecule has 2 aromatic carbocycles. The zero-order chi connectivity index (χ0) is 14.9. The number of aryl methyl sites for hydroxylation is 1. The van der Waals surface area contributed by atoms with Crippen LogP contribution in [0.15, 0.2) is 65.1 Å². The van der Waals surface area contributed by atoms with Crippen LogP contribution in [0.1, 0.15) is 23.3 Å². The highest BCUT2D eigenvalue weighted by Crippen LogP contribution is 2.40. The van der Waals surface area contributed by atoms with E-state index in [-0.39, 0.29) is 0 Å². The van der Waals surface area contributed by atoms with Gasteiger partial charge >= 0.3 is 11.5 Å². The van der Waals surface area contributed by atoms with Crippen LogP contribution >= 0.6 is 0 Å². The average molecular weight is 287 g/mol. The summed E-state index contributed by atoms with van der Waals surface area (Å²) in [5.41, 5.74) is 6.48. The van der Waals surface area contributed by atoms with Crippen LogP contribution in [0.5, 0.6) is 0 Å². The molecule has 1 aromatic heterocycles. The van der Waals surface area contributed by atoms with Gasteiger partial charge in [0.1, 0.15) is 0 Å². The van der Waals surface area contributed by atoms with Crippen molar-refractivity contribution < 1.29 is 4.42 Å². The lowest BCUT2D eigenvalue weighted by Crippen LogP contribution is -1.96. The molecule has 3 aromatic rings. The molecule has 1 nitrogen and oxygen atoms in total. The molecular weight excluding hydrogens is 268 g/mol. The van der Waals surface area contributed by atoms with Gasteiger partial charge < -0.3 is 0 Å². The number of rotatable bonds is 2. The molecule has 0 spiro atoms. The molecule has 0 bridgehead atoms. The van der Waals surface area contributed by atoms with Crippen LogP contribution in [0.4, 0.5) is 0 Å². The molecule has 0 saturated heterocycles. The van der Waals surface area contributed by atoms with E-state index in [0.29, 0.717) is 0 Å². The molecule has 1 heterocycles. The van der Waals surface area contributed by atoms with E-state index in [1.165, 1.54) is 34.4 Å². The maximum absolute atomic E-state index is 6.30. The van der Waals surface area contributed by atoms with E-state index in [0.717, 1.165) is 24.2 Å². The summed E-state index contributed by atoms with van der Waals surface area (Å²) in [6.45, 7) is 2.19. The first kappa shape index (κ1) is 13.3. The van der Waals surface area contributed by atoms with E-state index in [2.05, 4.69) is 61.5 Å². The zero-order valence-corrected chi connectivity index (χ0v) is 12.8. The average Bonchev–Trinajstić information content (AvgIpc) is 3.04. The minimum absolute atomic E-state index is 1.01. The van der Waals surface area contributed by atoms with E-state index in [1.54, 1.807) is 0 Å².